The third-order valence-corrected chi connectivity index (χ3v) is 5.43. The number of thiazole rings is 1. The maximum atomic E-state index is 12.0. The van der Waals surface area contributed by atoms with Gasteiger partial charge in [0.1, 0.15) is 5.52 Å². The average Bonchev–Trinajstić information content (AvgIpc) is 3.01. The van der Waals surface area contributed by atoms with Crippen molar-refractivity contribution >= 4 is 78.7 Å². The first kappa shape index (κ1) is 14.1. The first-order valence-corrected chi connectivity index (χ1v) is 8.12. The van der Waals surface area contributed by atoms with E-state index in [0.29, 0.717) is 29.9 Å². The smallest absolute Gasteiger partial charge is 0.267 e. The maximum Gasteiger partial charge on any atom is 0.267 e. The van der Waals surface area contributed by atoms with Crippen molar-refractivity contribution in [1.29, 1.82) is 0 Å². The van der Waals surface area contributed by atoms with Gasteiger partial charge in [0.2, 0.25) is 0 Å². The number of nitrogens with zero attached hydrogens (tertiary/aromatic N) is 1. The van der Waals surface area contributed by atoms with Crippen molar-refractivity contribution in [3.8, 4) is 0 Å². The first-order valence-electron chi connectivity index (χ1n) is 5.36. The van der Waals surface area contributed by atoms with Crippen LogP contribution in [0.3, 0.4) is 0 Å². The summed E-state index contributed by atoms with van der Waals surface area (Å²) in [5.74, 6) is -0.256. The molecule has 0 atom stereocenters. The second-order valence-electron chi connectivity index (χ2n) is 3.78. The molecule has 0 spiro atoms. The third kappa shape index (κ3) is 2.64. The maximum absolute atomic E-state index is 12.0. The Morgan fingerprint density at radius 3 is 2.45 bits per heavy atom. The molecule has 1 amide bonds. The summed E-state index contributed by atoms with van der Waals surface area (Å²) in [7, 11) is 0. The molecule has 1 N–H and O–H groups in total. The highest BCUT2D eigenvalue weighted by atomic mass is 35.5. The van der Waals surface area contributed by atoms with Crippen molar-refractivity contribution in [3.63, 3.8) is 0 Å². The SMILES string of the molecule is O=C(Nc1nc2c(Cl)ccc(Cl)c2s1)c1ccc(Cl)s1. The zero-order chi connectivity index (χ0) is 14.3. The quantitative estimate of drug-likeness (QED) is 0.646. The molecule has 1 aromatic carbocycles. The summed E-state index contributed by atoms with van der Waals surface area (Å²) in [6.45, 7) is 0. The summed E-state index contributed by atoms with van der Waals surface area (Å²) in [5.41, 5.74) is 0.587. The predicted molar refractivity (Wildman–Crippen MR) is 86.9 cm³/mol. The number of fused-ring (bicyclic) bond motifs is 1. The summed E-state index contributed by atoms with van der Waals surface area (Å²) in [4.78, 5) is 16.8. The van der Waals surface area contributed by atoms with Crippen LogP contribution in [0.2, 0.25) is 14.4 Å². The molecule has 3 rings (SSSR count). The second kappa shape index (κ2) is 5.50. The molecule has 3 nitrogen and oxygen atoms in total. The summed E-state index contributed by atoms with van der Waals surface area (Å²) >= 11 is 20.4. The van der Waals surface area contributed by atoms with Crippen LogP contribution in [-0.2, 0) is 0 Å². The van der Waals surface area contributed by atoms with Gasteiger partial charge in [-0.15, -0.1) is 11.3 Å². The number of halogens is 3. The molecule has 0 fully saturated rings. The second-order valence-corrected chi connectivity index (χ2v) is 7.31. The molecule has 3 aromatic rings. The molecule has 0 bridgehead atoms. The van der Waals surface area contributed by atoms with Crippen molar-refractivity contribution in [2.24, 2.45) is 0 Å². The Bertz CT molecular complexity index is 773. The van der Waals surface area contributed by atoms with E-state index in [0.717, 1.165) is 4.70 Å². The molecule has 20 heavy (non-hydrogen) atoms. The van der Waals surface area contributed by atoms with Crippen molar-refractivity contribution in [2.45, 2.75) is 0 Å². The molecular weight excluding hydrogens is 359 g/mol. The van der Waals surface area contributed by atoms with E-state index in [2.05, 4.69) is 10.3 Å². The Morgan fingerprint density at radius 1 is 1.05 bits per heavy atom. The molecule has 0 aliphatic carbocycles. The highest BCUT2D eigenvalue weighted by Gasteiger charge is 2.14. The lowest BCUT2D eigenvalue weighted by Gasteiger charge is -1.96. The molecule has 0 unspecified atom stereocenters. The zero-order valence-corrected chi connectivity index (χ0v) is 13.5. The summed E-state index contributed by atoms with van der Waals surface area (Å²) < 4.78 is 1.31. The summed E-state index contributed by atoms with van der Waals surface area (Å²) in [5, 5.41) is 4.22. The summed E-state index contributed by atoms with van der Waals surface area (Å²) in [6, 6.07) is 6.72. The van der Waals surface area contributed by atoms with Gasteiger partial charge in [-0.25, -0.2) is 4.98 Å². The van der Waals surface area contributed by atoms with Gasteiger partial charge in [0, 0.05) is 0 Å². The first-order chi connectivity index (χ1) is 9.54. The molecule has 0 radical (unpaired) electrons. The van der Waals surface area contributed by atoms with Crippen molar-refractivity contribution in [1.82, 2.24) is 4.98 Å². The Morgan fingerprint density at radius 2 is 1.80 bits per heavy atom. The number of anilines is 1. The van der Waals surface area contributed by atoms with Crippen LogP contribution in [0.5, 0.6) is 0 Å². The number of carbonyl (C=O) groups is 1. The van der Waals surface area contributed by atoms with Gasteiger partial charge in [-0.1, -0.05) is 46.1 Å². The van der Waals surface area contributed by atoms with E-state index in [-0.39, 0.29) is 5.91 Å². The van der Waals surface area contributed by atoms with Crippen LogP contribution < -0.4 is 5.32 Å². The molecule has 8 heteroatoms. The standard InChI is InChI=1S/C12H5Cl3N2OS2/c13-5-1-2-6(14)10-9(5)16-12(20-10)17-11(18)7-3-4-8(15)19-7/h1-4H,(H,16,17,18). The van der Waals surface area contributed by atoms with Crippen LogP contribution in [0.4, 0.5) is 5.13 Å². The van der Waals surface area contributed by atoms with E-state index in [1.165, 1.54) is 22.7 Å². The Labute approximate surface area is 137 Å². The molecule has 0 aliphatic heterocycles. The van der Waals surface area contributed by atoms with Gasteiger partial charge in [-0.2, -0.15) is 0 Å². The Balaban J connectivity index is 1.93. The van der Waals surface area contributed by atoms with Gasteiger partial charge >= 0.3 is 0 Å². The van der Waals surface area contributed by atoms with Gasteiger partial charge in [0.05, 0.1) is 24.0 Å². The highest BCUT2D eigenvalue weighted by molar-refractivity contribution is 7.23. The molecule has 0 saturated heterocycles. The number of amides is 1. The average molecular weight is 364 g/mol. The van der Waals surface area contributed by atoms with Gasteiger partial charge in [0.25, 0.3) is 5.91 Å². The van der Waals surface area contributed by atoms with Crippen LogP contribution in [-0.4, -0.2) is 10.9 Å². The van der Waals surface area contributed by atoms with E-state index in [1.54, 1.807) is 24.3 Å². The van der Waals surface area contributed by atoms with Gasteiger partial charge < -0.3 is 0 Å². The lowest BCUT2D eigenvalue weighted by molar-refractivity contribution is 0.103. The van der Waals surface area contributed by atoms with Crippen molar-refractivity contribution < 1.29 is 4.79 Å². The largest absolute Gasteiger partial charge is 0.297 e. The van der Waals surface area contributed by atoms with Crippen LogP contribution in [0.15, 0.2) is 24.3 Å². The predicted octanol–water partition coefficient (Wildman–Crippen LogP) is 5.57. The van der Waals surface area contributed by atoms with E-state index < -0.39 is 0 Å². The van der Waals surface area contributed by atoms with Crippen LogP contribution in [0, 0.1) is 0 Å². The fourth-order valence-corrected chi connectivity index (χ4v) is 3.95. The van der Waals surface area contributed by atoms with E-state index >= 15 is 0 Å². The van der Waals surface area contributed by atoms with Crippen molar-refractivity contribution in [2.75, 3.05) is 5.32 Å². The number of rotatable bonds is 2. The van der Waals surface area contributed by atoms with Crippen LogP contribution in [0.25, 0.3) is 10.2 Å². The lowest BCUT2D eigenvalue weighted by atomic mass is 10.3. The topological polar surface area (TPSA) is 42.0 Å². The van der Waals surface area contributed by atoms with E-state index in [9.17, 15) is 4.79 Å². The minimum Gasteiger partial charge on any atom is -0.297 e. The number of carbonyl (C=O) groups excluding carboxylic acids is 1. The minimum absolute atomic E-state index is 0.256. The molecule has 0 saturated carbocycles. The van der Waals surface area contributed by atoms with Gasteiger partial charge in [-0.3, -0.25) is 10.1 Å². The van der Waals surface area contributed by atoms with Gasteiger partial charge in [0.15, 0.2) is 5.13 Å². The normalized spacial score (nSPS) is 10.9. The fourth-order valence-electron chi connectivity index (χ4n) is 1.59. The highest BCUT2D eigenvalue weighted by Crippen LogP contribution is 2.36. The Hall–Kier alpha value is -0.850. The molecular formula is C12H5Cl3N2OS2. The van der Waals surface area contributed by atoms with Crippen LogP contribution in [0.1, 0.15) is 9.67 Å². The third-order valence-electron chi connectivity index (χ3n) is 2.46. The van der Waals surface area contributed by atoms with Crippen molar-refractivity contribution in [3.05, 3.63) is 43.5 Å². The number of thiophene rings is 1. The molecule has 102 valence electrons. The molecule has 0 aliphatic rings. The van der Waals surface area contributed by atoms with E-state index in [4.69, 9.17) is 34.8 Å². The molecule has 2 aromatic heterocycles. The number of hydrogen-bond donors (Lipinski definition) is 1. The lowest BCUT2D eigenvalue weighted by Crippen LogP contribution is -2.09. The number of aromatic nitrogens is 1. The zero-order valence-electron chi connectivity index (χ0n) is 9.62. The summed E-state index contributed by atoms with van der Waals surface area (Å²) in [6.07, 6.45) is 0. The fraction of sp³-hybridized carbons (Fsp3) is 0. The van der Waals surface area contributed by atoms with Gasteiger partial charge in [-0.05, 0) is 24.3 Å². The van der Waals surface area contributed by atoms with Crippen LogP contribution >= 0.6 is 57.5 Å². The monoisotopic (exact) mass is 362 g/mol. The molecule has 2 heterocycles. The Kier molecular flexibility index (Phi) is 3.88. The number of benzene rings is 1. The number of hydrogen-bond acceptors (Lipinski definition) is 4. The van der Waals surface area contributed by atoms with E-state index in [1.807, 2.05) is 0 Å². The minimum atomic E-state index is -0.256. The number of nitrogens with one attached hydrogen (secondary N) is 1.